The second kappa shape index (κ2) is 13.0. The summed E-state index contributed by atoms with van der Waals surface area (Å²) in [7, 11) is 0. The van der Waals surface area contributed by atoms with Gasteiger partial charge in [-0.15, -0.1) is 5.10 Å². The van der Waals surface area contributed by atoms with E-state index in [2.05, 4.69) is 10.3 Å². The highest BCUT2D eigenvalue weighted by Gasteiger charge is 2.21. The molecule has 0 aliphatic heterocycles. The number of esters is 3. The second-order valence-electron chi connectivity index (χ2n) is 6.96. The molecule has 0 aliphatic carbocycles. The average Bonchev–Trinajstić information content (AvgIpc) is 3.24. The molecule has 2 aromatic heterocycles. The second-order valence-corrected chi connectivity index (χ2v) is 6.96. The Balaban J connectivity index is 2.40. The lowest BCUT2D eigenvalue weighted by atomic mass is 10.3. The Morgan fingerprint density at radius 3 is 2.43 bits per heavy atom. The fraction of sp³-hybridized carbons (Fsp3) is 0.476. The van der Waals surface area contributed by atoms with Gasteiger partial charge < -0.3 is 18.9 Å². The van der Waals surface area contributed by atoms with Gasteiger partial charge in [0.25, 0.3) is 5.56 Å². The monoisotopic (exact) mass is 493 g/mol. The molecule has 14 nitrogen and oxygen atoms in total. The number of hydrogen-bond acceptors (Lipinski definition) is 11. The molecule has 35 heavy (non-hydrogen) atoms. The van der Waals surface area contributed by atoms with Crippen molar-refractivity contribution in [2.75, 3.05) is 26.4 Å². The minimum Gasteiger partial charge on any atom is -0.463 e. The molecule has 2 heterocycles. The van der Waals surface area contributed by atoms with Crippen molar-refractivity contribution >= 4 is 23.6 Å². The van der Waals surface area contributed by atoms with Crippen LogP contribution in [0.2, 0.25) is 0 Å². The zero-order valence-electron chi connectivity index (χ0n) is 19.9. The first-order chi connectivity index (χ1) is 16.7. The van der Waals surface area contributed by atoms with Crippen LogP contribution >= 0.6 is 0 Å². The van der Waals surface area contributed by atoms with Gasteiger partial charge in [0.05, 0.1) is 44.3 Å². The Kier molecular flexibility index (Phi) is 10.1. The van der Waals surface area contributed by atoms with Crippen LogP contribution in [-0.2, 0) is 46.6 Å². The first-order valence-corrected chi connectivity index (χ1v) is 10.7. The first-order valence-electron chi connectivity index (χ1n) is 10.7. The van der Waals surface area contributed by atoms with Crippen molar-refractivity contribution in [1.29, 1.82) is 0 Å². The van der Waals surface area contributed by atoms with Crippen LogP contribution in [0.1, 0.15) is 32.0 Å². The number of carbonyl (C=O) groups excluding carboxylic acids is 3. The molecule has 0 fully saturated rings. The molecule has 2 rings (SSSR count). The van der Waals surface area contributed by atoms with E-state index in [1.54, 1.807) is 13.8 Å². The summed E-state index contributed by atoms with van der Waals surface area (Å²) in [5.74, 6) is -2.24. The van der Waals surface area contributed by atoms with E-state index in [4.69, 9.17) is 18.9 Å². The van der Waals surface area contributed by atoms with Crippen molar-refractivity contribution in [2.45, 2.75) is 41.0 Å². The highest BCUT2D eigenvalue weighted by Crippen LogP contribution is 2.07. The number of nitrogens with zero attached hydrogens (tertiary/aromatic N) is 5. The Morgan fingerprint density at radius 1 is 1.06 bits per heavy atom. The topological polar surface area (TPSA) is 163 Å². The van der Waals surface area contributed by atoms with Crippen molar-refractivity contribution in [3.8, 4) is 0 Å². The van der Waals surface area contributed by atoms with Crippen LogP contribution in [0.5, 0.6) is 0 Å². The summed E-state index contributed by atoms with van der Waals surface area (Å²) in [6.45, 7) is 5.74. The fourth-order valence-corrected chi connectivity index (χ4v) is 2.84. The van der Waals surface area contributed by atoms with Crippen LogP contribution in [0.15, 0.2) is 28.1 Å². The summed E-state index contributed by atoms with van der Waals surface area (Å²) in [6.07, 6.45) is 3.32. The van der Waals surface area contributed by atoms with Crippen molar-refractivity contribution in [1.82, 2.24) is 24.1 Å². The molecule has 2 aromatic rings. The molecule has 0 N–H and O–H groups in total. The van der Waals surface area contributed by atoms with Gasteiger partial charge in [-0.25, -0.2) is 19.1 Å². The molecule has 0 amide bonds. The SMILES string of the molecule is CCOC(=O)/C=C(\C(=O)OCC)n1cc(C)c(=O)n(Cc2cnnn2COCCOC(C)=O)c1=O. The van der Waals surface area contributed by atoms with Crippen molar-refractivity contribution in [3.05, 3.63) is 50.6 Å². The van der Waals surface area contributed by atoms with E-state index in [0.717, 1.165) is 21.4 Å². The van der Waals surface area contributed by atoms with Gasteiger partial charge in [0, 0.05) is 18.7 Å². The summed E-state index contributed by atoms with van der Waals surface area (Å²) in [6, 6.07) is 0. The molecule has 14 heteroatoms. The van der Waals surface area contributed by atoms with Gasteiger partial charge in [-0.05, 0) is 20.8 Å². The number of aromatic nitrogens is 5. The minimum atomic E-state index is -0.944. The Bertz CT molecular complexity index is 1210. The van der Waals surface area contributed by atoms with Crippen LogP contribution in [0.4, 0.5) is 0 Å². The zero-order chi connectivity index (χ0) is 26.0. The Morgan fingerprint density at radius 2 is 1.77 bits per heavy atom. The molecule has 0 saturated carbocycles. The van der Waals surface area contributed by atoms with E-state index in [-0.39, 0.29) is 45.3 Å². The minimum absolute atomic E-state index is 0.00528. The van der Waals surface area contributed by atoms with Crippen molar-refractivity contribution in [3.63, 3.8) is 0 Å². The Labute approximate surface area is 199 Å². The molecule has 0 saturated heterocycles. The first kappa shape index (κ1) is 27.2. The Hall–Kier alpha value is -4.07. The van der Waals surface area contributed by atoms with Crippen LogP contribution in [0, 0.1) is 6.92 Å². The van der Waals surface area contributed by atoms with E-state index in [1.165, 1.54) is 24.7 Å². The standard InChI is InChI=1S/C21H27N5O9/c1-5-33-18(28)9-17(20(30)34-6-2)24-11-14(3)19(29)25(21(24)31)12-16-10-22-23-26(16)13-32-7-8-35-15(4)27/h9-11H,5-8,12-13H2,1-4H3/b17-9+. The van der Waals surface area contributed by atoms with E-state index < -0.39 is 34.9 Å². The fourth-order valence-electron chi connectivity index (χ4n) is 2.84. The third-order valence-electron chi connectivity index (χ3n) is 4.39. The molecular formula is C21H27N5O9. The predicted octanol–water partition coefficient (Wildman–Crippen LogP) is -0.537. The van der Waals surface area contributed by atoms with Gasteiger partial charge in [-0.3, -0.25) is 18.7 Å². The van der Waals surface area contributed by atoms with Gasteiger partial charge >= 0.3 is 23.6 Å². The molecular weight excluding hydrogens is 466 g/mol. The van der Waals surface area contributed by atoms with Crippen LogP contribution in [-0.4, -0.2) is 68.5 Å². The van der Waals surface area contributed by atoms with Crippen molar-refractivity contribution < 1.29 is 33.3 Å². The predicted molar refractivity (Wildman–Crippen MR) is 119 cm³/mol. The summed E-state index contributed by atoms with van der Waals surface area (Å²) >= 11 is 0. The lowest BCUT2D eigenvalue weighted by Gasteiger charge is -2.14. The largest absolute Gasteiger partial charge is 0.463 e. The lowest BCUT2D eigenvalue weighted by Crippen LogP contribution is -2.42. The molecule has 0 bridgehead atoms. The maximum Gasteiger partial charge on any atom is 0.355 e. The summed E-state index contributed by atoms with van der Waals surface area (Å²) in [5, 5.41) is 7.63. The normalized spacial score (nSPS) is 11.3. The number of rotatable bonds is 12. The summed E-state index contributed by atoms with van der Waals surface area (Å²) in [5.41, 5.74) is -1.45. The molecule has 0 spiro atoms. The van der Waals surface area contributed by atoms with Gasteiger partial charge in [0.15, 0.2) is 0 Å². The summed E-state index contributed by atoms with van der Waals surface area (Å²) in [4.78, 5) is 61.3. The maximum atomic E-state index is 13.2. The summed E-state index contributed by atoms with van der Waals surface area (Å²) < 4.78 is 23.0. The number of ether oxygens (including phenoxy) is 4. The third kappa shape index (κ3) is 7.46. The van der Waals surface area contributed by atoms with Gasteiger partial charge in [-0.1, -0.05) is 5.21 Å². The van der Waals surface area contributed by atoms with E-state index in [0.29, 0.717) is 5.69 Å². The van der Waals surface area contributed by atoms with Gasteiger partial charge in [0.2, 0.25) is 0 Å². The highest BCUT2D eigenvalue weighted by molar-refractivity contribution is 6.14. The number of carbonyl (C=O) groups is 3. The van der Waals surface area contributed by atoms with E-state index in [1.807, 2.05) is 0 Å². The number of aryl methyl sites for hydroxylation is 1. The molecule has 0 radical (unpaired) electrons. The van der Waals surface area contributed by atoms with Crippen LogP contribution < -0.4 is 11.2 Å². The maximum absolute atomic E-state index is 13.2. The van der Waals surface area contributed by atoms with Gasteiger partial charge in [-0.2, -0.15) is 0 Å². The van der Waals surface area contributed by atoms with E-state index >= 15 is 0 Å². The van der Waals surface area contributed by atoms with Crippen LogP contribution in [0.25, 0.3) is 5.70 Å². The van der Waals surface area contributed by atoms with E-state index in [9.17, 15) is 24.0 Å². The molecule has 0 aromatic carbocycles. The molecule has 190 valence electrons. The van der Waals surface area contributed by atoms with Crippen molar-refractivity contribution in [2.24, 2.45) is 0 Å². The molecule has 0 unspecified atom stereocenters. The average molecular weight is 493 g/mol. The lowest BCUT2D eigenvalue weighted by molar-refractivity contribution is -0.143. The smallest absolute Gasteiger partial charge is 0.355 e. The zero-order valence-corrected chi connectivity index (χ0v) is 19.9. The number of hydrogen-bond donors (Lipinski definition) is 0. The third-order valence-corrected chi connectivity index (χ3v) is 4.39. The molecule has 0 atom stereocenters. The van der Waals surface area contributed by atoms with Crippen LogP contribution in [0.3, 0.4) is 0 Å². The highest BCUT2D eigenvalue weighted by atomic mass is 16.6. The molecule has 0 aliphatic rings. The van der Waals surface area contributed by atoms with Gasteiger partial charge in [0.1, 0.15) is 19.0 Å². The quantitative estimate of drug-likeness (QED) is 0.161.